The van der Waals surface area contributed by atoms with Gasteiger partial charge in [0, 0.05) is 11.7 Å². The Balaban J connectivity index is 2.70. The second kappa shape index (κ2) is 9.09. The van der Waals surface area contributed by atoms with Gasteiger partial charge in [-0.05, 0) is 52.2 Å². The Morgan fingerprint density at radius 3 is 2.36 bits per heavy atom. The van der Waals surface area contributed by atoms with Crippen molar-refractivity contribution in [1.82, 2.24) is 5.32 Å². The summed E-state index contributed by atoms with van der Waals surface area (Å²) in [6.45, 7) is 14.7. The van der Waals surface area contributed by atoms with Gasteiger partial charge in [0.05, 0.1) is 0 Å². The van der Waals surface area contributed by atoms with E-state index >= 15 is 0 Å². The van der Waals surface area contributed by atoms with Crippen molar-refractivity contribution in [3.8, 4) is 0 Å². The maximum Gasteiger partial charge on any atom is 0.0342 e. The highest BCUT2D eigenvalue weighted by Gasteiger charge is 2.06. The maximum atomic E-state index is 4.19. The average Bonchev–Trinajstić information content (AvgIpc) is 2.45. The molecule has 0 amide bonds. The fourth-order valence-electron chi connectivity index (χ4n) is 2.20. The molecule has 0 radical (unpaired) electrons. The first-order valence-corrected chi connectivity index (χ1v) is 7.91. The molecule has 0 bridgehead atoms. The van der Waals surface area contributed by atoms with Crippen molar-refractivity contribution in [3.63, 3.8) is 0 Å². The van der Waals surface area contributed by atoms with Crippen LogP contribution in [0.3, 0.4) is 0 Å². The normalized spacial score (nSPS) is 13.0. The van der Waals surface area contributed by atoms with Crippen LogP contribution in [0.4, 0.5) is 0 Å². The molecule has 0 aliphatic carbocycles. The van der Waals surface area contributed by atoms with E-state index in [1.807, 2.05) is 13.0 Å². The Labute approximate surface area is 136 Å². The molecule has 0 aliphatic heterocycles. The summed E-state index contributed by atoms with van der Waals surface area (Å²) in [6, 6.07) is 9.06. The quantitative estimate of drug-likeness (QED) is 0.655. The standard InChI is InChI=1S/C21H29N/c1-7-8-21(14-9-16(2)3)19(6)22-18(5)15-20-12-10-17(4)11-13-20/h7-14,18,22H,6,15H2,1-5H3/b8-7?,21-14+. The van der Waals surface area contributed by atoms with E-state index in [2.05, 4.69) is 82.1 Å². The first-order chi connectivity index (χ1) is 10.4. The molecular formula is C21H29N. The zero-order valence-corrected chi connectivity index (χ0v) is 14.6. The molecule has 1 nitrogen and oxygen atoms in total. The third-order valence-electron chi connectivity index (χ3n) is 3.37. The van der Waals surface area contributed by atoms with E-state index in [4.69, 9.17) is 0 Å². The topological polar surface area (TPSA) is 12.0 Å². The van der Waals surface area contributed by atoms with Crippen LogP contribution in [-0.2, 0) is 6.42 Å². The highest BCUT2D eigenvalue weighted by atomic mass is 14.9. The highest BCUT2D eigenvalue weighted by Crippen LogP contribution is 2.12. The van der Waals surface area contributed by atoms with E-state index in [0.29, 0.717) is 6.04 Å². The minimum absolute atomic E-state index is 0.343. The summed E-state index contributed by atoms with van der Waals surface area (Å²) in [4.78, 5) is 0. The summed E-state index contributed by atoms with van der Waals surface area (Å²) in [5.41, 5.74) is 6.02. The number of benzene rings is 1. The SMILES string of the molecule is C=C(NC(C)Cc1ccc(C)cc1)/C(C=CC)=C/C=C(C)C. The lowest BCUT2D eigenvalue weighted by Crippen LogP contribution is -2.27. The van der Waals surface area contributed by atoms with Crippen molar-refractivity contribution >= 4 is 0 Å². The van der Waals surface area contributed by atoms with E-state index in [1.54, 1.807) is 0 Å². The predicted octanol–water partition coefficient (Wildman–Crippen LogP) is 5.50. The molecule has 0 spiro atoms. The molecule has 118 valence electrons. The summed E-state index contributed by atoms with van der Waals surface area (Å²) in [5, 5.41) is 3.51. The smallest absolute Gasteiger partial charge is 0.0342 e. The van der Waals surface area contributed by atoms with Crippen LogP contribution in [-0.4, -0.2) is 6.04 Å². The molecule has 1 N–H and O–H groups in total. The number of allylic oxidation sites excluding steroid dienone is 5. The van der Waals surface area contributed by atoms with Gasteiger partial charge in [0.1, 0.15) is 0 Å². The van der Waals surface area contributed by atoms with E-state index in [1.165, 1.54) is 16.7 Å². The molecule has 1 aromatic carbocycles. The number of rotatable bonds is 7. The maximum absolute atomic E-state index is 4.19. The van der Waals surface area contributed by atoms with Crippen LogP contribution in [0.2, 0.25) is 0 Å². The molecule has 0 saturated heterocycles. The Hall–Kier alpha value is -2.02. The van der Waals surface area contributed by atoms with Gasteiger partial charge in [0.25, 0.3) is 0 Å². The van der Waals surface area contributed by atoms with Crippen molar-refractivity contribution in [2.75, 3.05) is 0 Å². The van der Waals surface area contributed by atoms with E-state index in [0.717, 1.165) is 17.7 Å². The molecular weight excluding hydrogens is 266 g/mol. The first-order valence-electron chi connectivity index (χ1n) is 7.91. The van der Waals surface area contributed by atoms with Crippen LogP contribution >= 0.6 is 0 Å². The van der Waals surface area contributed by atoms with Crippen LogP contribution in [0.5, 0.6) is 0 Å². The minimum Gasteiger partial charge on any atom is -0.382 e. The fraction of sp³-hybridized carbons (Fsp3) is 0.333. The van der Waals surface area contributed by atoms with Gasteiger partial charge in [0.15, 0.2) is 0 Å². The van der Waals surface area contributed by atoms with Gasteiger partial charge in [-0.2, -0.15) is 0 Å². The van der Waals surface area contributed by atoms with Crippen molar-refractivity contribution in [2.24, 2.45) is 0 Å². The van der Waals surface area contributed by atoms with Crippen molar-refractivity contribution < 1.29 is 0 Å². The van der Waals surface area contributed by atoms with Gasteiger partial charge in [-0.3, -0.25) is 0 Å². The second-order valence-corrected chi connectivity index (χ2v) is 6.08. The van der Waals surface area contributed by atoms with Crippen molar-refractivity contribution in [2.45, 2.75) is 47.1 Å². The molecule has 1 rings (SSSR count). The lowest BCUT2D eigenvalue weighted by atomic mass is 10.0. The van der Waals surface area contributed by atoms with E-state index in [9.17, 15) is 0 Å². The van der Waals surface area contributed by atoms with Gasteiger partial charge in [-0.1, -0.05) is 66.3 Å². The first kappa shape index (κ1) is 18.0. The number of aryl methyl sites for hydroxylation is 1. The van der Waals surface area contributed by atoms with Gasteiger partial charge >= 0.3 is 0 Å². The molecule has 0 fully saturated rings. The Bertz CT molecular complexity index is 566. The van der Waals surface area contributed by atoms with Crippen LogP contribution in [0, 0.1) is 6.92 Å². The Morgan fingerprint density at radius 1 is 1.18 bits per heavy atom. The number of nitrogens with one attached hydrogen (secondary N) is 1. The van der Waals surface area contributed by atoms with Crippen LogP contribution in [0.25, 0.3) is 0 Å². The van der Waals surface area contributed by atoms with Crippen LogP contribution in [0.15, 0.2) is 72.0 Å². The van der Waals surface area contributed by atoms with Gasteiger partial charge in [-0.25, -0.2) is 0 Å². The third kappa shape index (κ3) is 6.62. The lowest BCUT2D eigenvalue weighted by Gasteiger charge is -2.18. The Kier molecular flexibility index (Phi) is 7.45. The third-order valence-corrected chi connectivity index (χ3v) is 3.37. The van der Waals surface area contributed by atoms with Crippen molar-refractivity contribution in [1.29, 1.82) is 0 Å². The van der Waals surface area contributed by atoms with Gasteiger partial charge in [-0.15, -0.1) is 0 Å². The summed E-state index contributed by atoms with van der Waals surface area (Å²) in [7, 11) is 0. The summed E-state index contributed by atoms with van der Waals surface area (Å²) in [5.74, 6) is 0. The zero-order chi connectivity index (χ0) is 16.5. The summed E-state index contributed by atoms with van der Waals surface area (Å²) in [6.07, 6.45) is 9.36. The van der Waals surface area contributed by atoms with E-state index < -0.39 is 0 Å². The summed E-state index contributed by atoms with van der Waals surface area (Å²) < 4.78 is 0. The summed E-state index contributed by atoms with van der Waals surface area (Å²) >= 11 is 0. The Morgan fingerprint density at radius 2 is 1.82 bits per heavy atom. The molecule has 0 aliphatic rings. The zero-order valence-electron chi connectivity index (χ0n) is 14.6. The highest BCUT2D eigenvalue weighted by molar-refractivity contribution is 5.40. The van der Waals surface area contributed by atoms with Crippen LogP contribution in [0.1, 0.15) is 38.8 Å². The fourth-order valence-corrected chi connectivity index (χ4v) is 2.20. The molecule has 22 heavy (non-hydrogen) atoms. The molecule has 0 aromatic heterocycles. The molecule has 1 unspecified atom stereocenters. The molecule has 1 atom stereocenters. The predicted molar refractivity (Wildman–Crippen MR) is 98.9 cm³/mol. The monoisotopic (exact) mass is 295 g/mol. The molecule has 1 heteroatoms. The minimum atomic E-state index is 0.343. The largest absolute Gasteiger partial charge is 0.382 e. The molecule has 0 heterocycles. The van der Waals surface area contributed by atoms with Gasteiger partial charge < -0.3 is 5.32 Å². The molecule has 0 saturated carbocycles. The second-order valence-electron chi connectivity index (χ2n) is 6.08. The van der Waals surface area contributed by atoms with E-state index in [-0.39, 0.29) is 0 Å². The van der Waals surface area contributed by atoms with Gasteiger partial charge in [0.2, 0.25) is 0 Å². The molecule has 1 aromatic rings. The lowest BCUT2D eigenvalue weighted by molar-refractivity contribution is 0.618. The van der Waals surface area contributed by atoms with Crippen molar-refractivity contribution in [3.05, 3.63) is 83.1 Å². The average molecular weight is 295 g/mol. The number of hydrogen-bond donors (Lipinski definition) is 1. The number of hydrogen-bond acceptors (Lipinski definition) is 1. The van der Waals surface area contributed by atoms with Crippen LogP contribution < -0.4 is 5.32 Å².